The normalized spacial score (nSPS) is 16.9. The lowest BCUT2D eigenvalue weighted by molar-refractivity contribution is -0.125. The molecule has 0 aromatic carbocycles. The van der Waals surface area contributed by atoms with E-state index < -0.39 is 12.1 Å². The molecule has 8 nitrogen and oxygen atoms in total. The molecule has 0 aliphatic carbocycles. The van der Waals surface area contributed by atoms with Crippen LogP contribution in [0.2, 0.25) is 0 Å². The maximum atomic E-state index is 12.2. The Morgan fingerprint density at radius 2 is 2.00 bits per heavy atom. The van der Waals surface area contributed by atoms with Gasteiger partial charge in [0.2, 0.25) is 5.91 Å². The predicted molar refractivity (Wildman–Crippen MR) is 92.2 cm³/mol. The predicted octanol–water partition coefficient (Wildman–Crippen LogP) is 1.02. The maximum Gasteiger partial charge on any atom is 0.321 e. The number of hydrogen-bond donors (Lipinski definition) is 3. The van der Waals surface area contributed by atoms with Crippen molar-refractivity contribution < 1.29 is 18.8 Å². The topological polar surface area (TPSA) is 104 Å². The summed E-state index contributed by atoms with van der Waals surface area (Å²) in [6, 6.07) is 0.931. The monoisotopic (exact) mass is 350 g/mol. The van der Waals surface area contributed by atoms with E-state index in [0.29, 0.717) is 25.4 Å². The number of likely N-dealkylation sites (tertiary alicyclic amines) is 1. The van der Waals surface area contributed by atoms with Gasteiger partial charge in [0.25, 0.3) is 5.91 Å². The molecule has 0 bridgehead atoms. The Morgan fingerprint density at radius 3 is 2.56 bits per heavy atom. The van der Waals surface area contributed by atoms with Gasteiger partial charge in [-0.2, -0.15) is 0 Å². The summed E-state index contributed by atoms with van der Waals surface area (Å²) in [5, 5.41) is 7.84. The zero-order valence-corrected chi connectivity index (χ0v) is 14.9. The third kappa shape index (κ3) is 5.06. The number of furan rings is 1. The fourth-order valence-corrected chi connectivity index (χ4v) is 2.87. The molecule has 138 valence electrons. The molecule has 1 aliphatic rings. The van der Waals surface area contributed by atoms with E-state index in [0.717, 1.165) is 18.4 Å². The molecule has 1 aromatic heterocycles. The number of nitrogens with one attached hydrogen (secondary N) is 3. The lowest BCUT2D eigenvalue weighted by Gasteiger charge is -2.35. The van der Waals surface area contributed by atoms with Gasteiger partial charge in [-0.1, -0.05) is 0 Å². The van der Waals surface area contributed by atoms with Gasteiger partial charge < -0.3 is 15.1 Å². The van der Waals surface area contributed by atoms with Crippen LogP contribution in [0, 0.1) is 6.92 Å². The van der Waals surface area contributed by atoms with Crippen LogP contribution in [0.4, 0.5) is 4.79 Å². The molecule has 2 heterocycles. The molecule has 0 spiro atoms. The number of carbonyl (C=O) groups excluding carboxylic acids is 3. The highest BCUT2D eigenvalue weighted by Crippen LogP contribution is 2.15. The summed E-state index contributed by atoms with van der Waals surface area (Å²) in [6.45, 7) is 7.21. The second-order valence-corrected chi connectivity index (χ2v) is 6.24. The highest BCUT2D eigenvalue weighted by Gasteiger charge is 2.28. The Hall–Kier alpha value is -2.35. The quantitative estimate of drug-likeness (QED) is 0.735. The van der Waals surface area contributed by atoms with Crippen molar-refractivity contribution in [3.63, 3.8) is 0 Å². The number of rotatable bonds is 5. The molecular weight excluding hydrogens is 324 g/mol. The zero-order chi connectivity index (χ0) is 18.4. The van der Waals surface area contributed by atoms with Crippen LogP contribution < -0.4 is 16.0 Å². The minimum absolute atomic E-state index is 0.0481. The van der Waals surface area contributed by atoms with Gasteiger partial charge in [0, 0.05) is 31.2 Å². The van der Waals surface area contributed by atoms with Gasteiger partial charge in [-0.05, 0) is 39.7 Å². The summed E-state index contributed by atoms with van der Waals surface area (Å²) >= 11 is 0. The fourth-order valence-electron chi connectivity index (χ4n) is 2.87. The van der Waals surface area contributed by atoms with Crippen molar-refractivity contribution in [2.75, 3.05) is 19.6 Å². The zero-order valence-electron chi connectivity index (χ0n) is 14.9. The van der Waals surface area contributed by atoms with Gasteiger partial charge in [-0.25, -0.2) is 4.79 Å². The van der Waals surface area contributed by atoms with E-state index in [4.69, 9.17) is 4.42 Å². The second kappa shape index (κ2) is 8.66. The summed E-state index contributed by atoms with van der Waals surface area (Å²) in [6.07, 6.45) is 2.98. The molecule has 0 radical (unpaired) electrons. The first-order valence-electron chi connectivity index (χ1n) is 8.60. The summed E-state index contributed by atoms with van der Waals surface area (Å²) in [7, 11) is 0. The van der Waals surface area contributed by atoms with E-state index in [1.807, 2.05) is 11.8 Å². The van der Waals surface area contributed by atoms with Crippen molar-refractivity contribution in [3.8, 4) is 0 Å². The Labute approximate surface area is 147 Å². The van der Waals surface area contributed by atoms with Crippen LogP contribution in [0.15, 0.2) is 16.7 Å². The van der Waals surface area contributed by atoms with E-state index in [9.17, 15) is 14.4 Å². The Balaban J connectivity index is 1.79. The standard InChI is InChI=1S/C17H26N4O4/c1-4-18-17(24)20-15(22)12(3)21-8-5-13(6-9-21)19-16(23)14-11(2)7-10-25-14/h7,10,12-13H,4-6,8-9H2,1-3H3,(H,19,23)(H2,18,20,22,24)/t12-/m1/s1. The highest BCUT2D eigenvalue weighted by atomic mass is 16.3. The van der Waals surface area contributed by atoms with E-state index in [2.05, 4.69) is 16.0 Å². The van der Waals surface area contributed by atoms with Crippen LogP contribution in [0.3, 0.4) is 0 Å². The number of carbonyl (C=O) groups is 3. The van der Waals surface area contributed by atoms with Crippen molar-refractivity contribution in [1.82, 2.24) is 20.9 Å². The first-order chi connectivity index (χ1) is 11.9. The van der Waals surface area contributed by atoms with Crippen LogP contribution in [-0.4, -0.2) is 54.5 Å². The number of urea groups is 1. The molecule has 1 atom stereocenters. The van der Waals surface area contributed by atoms with Crippen molar-refractivity contribution in [3.05, 3.63) is 23.7 Å². The molecule has 1 fully saturated rings. The first-order valence-corrected chi connectivity index (χ1v) is 8.60. The average Bonchev–Trinajstić information content (AvgIpc) is 3.01. The van der Waals surface area contributed by atoms with Gasteiger partial charge in [0.05, 0.1) is 12.3 Å². The molecule has 1 aliphatic heterocycles. The number of piperidine rings is 1. The van der Waals surface area contributed by atoms with Crippen molar-refractivity contribution >= 4 is 17.8 Å². The van der Waals surface area contributed by atoms with E-state index in [1.165, 1.54) is 6.26 Å². The van der Waals surface area contributed by atoms with E-state index in [-0.39, 0.29) is 17.9 Å². The van der Waals surface area contributed by atoms with Gasteiger partial charge in [0.15, 0.2) is 5.76 Å². The summed E-state index contributed by atoms with van der Waals surface area (Å²) in [5.74, 6) is -0.181. The molecule has 4 amide bonds. The van der Waals surface area contributed by atoms with Gasteiger partial charge in [-0.15, -0.1) is 0 Å². The first kappa shape index (κ1) is 19.0. The van der Waals surface area contributed by atoms with E-state index >= 15 is 0 Å². The molecular formula is C17H26N4O4. The third-order valence-electron chi connectivity index (χ3n) is 4.43. The number of amides is 4. The molecule has 3 N–H and O–H groups in total. The lowest BCUT2D eigenvalue weighted by atomic mass is 10.0. The molecule has 1 aromatic rings. The fraction of sp³-hybridized carbons (Fsp3) is 0.588. The Bertz CT molecular complexity index is 620. The Morgan fingerprint density at radius 1 is 1.32 bits per heavy atom. The maximum absolute atomic E-state index is 12.2. The summed E-state index contributed by atoms with van der Waals surface area (Å²) in [5.41, 5.74) is 0.811. The van der Waals surface area contributed by atoms with Gasteiger partial charge in [-0.3, -0.25) is 19.8 Å². The van der Waals surface area contributed by atoms with Gasteiger partial charge in [0.1, 0.15) is 0 Å². The van der Waals surface area contributed by atoms with Crippen LogP contribution in [0.1, 0.15) is 42.8 Å². The van der Waals surface area contributed by atoms with Crippen molar-refractivity contribution in [1.29, 1.82) is 0 Å². The number of hydrogen-bond acceptors (Lipinski definition) is 5. The number of aryl methyl sites for hydroxylation is 1. The summed E-state index contributed by atoms with van der Waals surface area (Å²) in [4.78, 5) is 37.7. The largest absolute Gasteiger partial charge is 0.459 e. The average molecular weight is 350 g/mol. The molecule has 0 saturated carbocycles. The minimum Gasteiger partial charge on any atom is -0.459 e. The van der Waals surface area contributed by atoms with Crippen molar-refractivity contribution in [2.24, 2.45) is 0 Å². The van der Waals surface area contributed by atoms with Gasteiger partial charge >= 0.3 is 6.03 Å². The van der Waals surface area contributed by atoms with E-state index in [1.54, 1.807) is 19.9 Å². The van der Waals surface area contributed by atoms with Crippen LogP contribution >= 0.6 is 0 Å². The Kier molecular flexibility index (Phi) is 6.58. The summed E-state index contributed by atoms with van der Waals surface area (Å²) < 4.78 is 5.20. The molecule has 1 saturated heterocycles. The van der Waals surface area contributed by atoms with Crippen LogP contribution in [-0.2, 0) is 4.79 Å². The SMILES string of the molecule is CCNC(=O)NC(=O)[C@@H](C)N1CCC(NC(=O)c2occc2C)CC1. The smallest absolute Gasteiger partial charge is 0.321 e. The minimum atomic E-state index is -0.477. The van der Waals surface area contributed by atoms with Crippen LogP contribution in [0.25, 0.3) is 0 Å². The molecule has 8 heteroatoms. The highest BCUT2D eigenvalue weighted by molar-refractivity contribution is 5.96. The molecule has 0 unspecified atom stereocenters. The molecule has 25 heavy (non-hydrogen) atoms. The third-order valence-corrected chi connectivity index (χ3v) is 4.43. The molecule has 2 rings (SSSR count). The number of nitrogens with zero attached hydrogens (tertiary/aromatic N) is 1. The second-order valence-electron chi connectivity index (χ2n) is 6.24. The van der Waals surface area contributed by atoms with Crippen molar-refractivity contribution in [2.45, 2.75) is 45.7 Å². The number of imide groups is 1. The lowest BCUT2D eigenvalue weighted by Crippen LogP contribution is -2.53. The van der Waals surface area contributed by atoms with Crippen LogP contribution in [0.5, 0.6) is 0 Å².